The number of fused-ring (bicyclic) bond motifs is 1. The third kappa shape index (κ3) is 3.70. The zero-order valence-electron chi connectivity index (χ0n) is 12.3. The number of halogens is 1. The molecule has 0 bridgehead atoms. The lowest BCUT2D eigenvalue weighted by atomic mass is 10.2. The highest BCUT2D eigenvalue weighted by Gasteiger charge is 2.09. The minimum absolute atomic E-state index is 0.155. The Balaban J connectivity index is 1.69. The predicted octanol–water partition coefficient (Wildman–Crippen LogP) is 2.52. The summed E-state index contributed by atoms with van der Waals surface area (Å²) in [5, 5.41) is 14.4. The van der Waals surface area contributed by atoms with E-state index in [2.05, 4.69) is 10.3 Å². The van der Waals surface area contributed by atoms with Gasteiger partial charge in [0, 0.05) is 17.3 Å². The van der Waals surface area contributed by atoms with Gasteiger partial charge in [0.05, 0.1) is 29.9 Å². The summed E-state index contributed by atoms with van der Waals surface area (Å²) in [6.07, 6.45) is 0.738. The van der Waals surface area contributed by atoms with Gasteiger partial charge < -0.3 is 10.4 Å². The van der Waals surface area contributed by atoms with Gasteiger partial charge in [0.25, 0.3) is 5.56 Å². The Morgan fingerprint density at radius 3 is 2.87 bits per heavy atom. The number of anilines is 1. The molecular weight excluding hydrogens is 314 g/mol. The molecular formula is C17H16ClN3O2. The molecule has 0 aliphatic carbocycles. The van der Waals surface area contributed by atoms with Gasteiger partial charge in [-0.2, -0.15) is 0 Å². The quantitative estimate of drug-likeness (QED) is 0.755. The fourth-order valence-electron chi connectivity index (χ4n) is 2.36. The van der Waals surface area contributed by atoms with E-state index in [1.807, 2.05) is 18.2 Å². The number of aliphatic hydroxyl groups excluding tert-OH is 1. The van der Waals surface area contributed by atoms with Crippen molar-refractivity contribution in [3.05, 3.63) is 70.2 Å². The van der Waals surface area contributed by atoms with Crippen LogP contribution in [0.3, 0.4) is 0 Å². The Morgan fingerprint density at radius 2 is 2.04 bits per heavy atom. The van der Waals surface area contributed by atoms with Crippen LogP contribution in [0.5, 0.6) is 0 Å². The number of benzene rings is 2. The van der Waals surface area contributed by atoms with E-state index in [0.717, 1.165) is 5.69 Å². The van der Waals surface area contributed by atoms with Crippen molar-refractivity contribution in [3.63, 3.8) is 0 Å². The van der Waals surface area contributed by atoms with Crippen LogP contribution in [0, 0.1) is 0 Å². The summed E-state index contributed by atoms with van der Waals surface area (Å²) in [5.41, 5.74) is 1.32. The smallest absolute Gasteiger partial charge is 0.261 e. The molecule has 6 heteroatoms. The molecule has 118 valence electrons. The summed E-state index contributed by atoms with van der Waals surface area (Å²) < 4.78 is 1.42. The summed E-state index contributed by atoms with van der Waals surface area (Å²) >= 11 is 5.91. The molecule has 2 aromatic carbocycles. The van der Waals surface area contributed by atoms with E-state index in [-0.39, 0.29) is 12.1 Å². The third-order valence-corrected chi connectivity index (χ3v) is 3.74. The van der Waals surface area contributed by atoms with Gasteiger partial charge >= 0.3 is 0 Å². The molecule has 1 aromatic heterocycles. The van der Waals surface area contributed by atoms with Crippen LogP contribution < -0.4 is 10.9 Å². The van der Waals surface area contributed by atoms with E-state index < -0.39 is 6.10 Å². The molecule has 23 heavy (non-hydrogen) atoms. The second-order valence-corrected chi connectivity index (χ2v) is 5.70. The number of aromatic nitrogens is 2. The van der Waals surface area contributed by atoms with E-state index in [0.29, 0.717) is 22.5 Å². The number of hydrogen-bond donors (Lipinski definition) is 2. The molecule has 0 spiro atoms. The third-order valence-electron chi connectivity index (χ3n) is 3.51. The average molecular weight is 330 g/mol. The molecule has 0 fully saturated rings. The van der Waals surface area contributed by atoms with E-state index in [9.17, 15) is 9.90 Å². The Hall–Kier alpha value is -2.37. The molecule has 3 aromatic rings. The van der Waals surface area contributed by atoms with Crippen LogP contribution in [0.2, 0.25) is 5.02 Å². The molecule has 0 amide bonds. The molecule has 1 atom stereocenters. The summed E-state index contributed by atoms with van der Waals surface area (Å²) in [6, 6.07) is 14.4. The van der Waals surface area contributed by atoms with Crippen molar-refractivity contribution in [2.75, 3.05) is 11.9 Å². The van der Waals surface area contributed by atoms with Crippen molar-refractivity contribution in [3.8, 4) is 0 Å². The van der Waals surface area contributed by atoms with Crippen molar-refractivity contribution < 1.29 is 5.11 Å². The van der Waals surface area contributed by atoms with Crippen molar-refractivity contribution in [2.45, 2.75) is 12.6 Å². The Labute approximate surface area is 138 Å². The number of aliphatic hydroxyl groups is 1. The molecule has 1 heterocycles. The maximum Gasteiger partial charge on any atom is 0.261 e. The first-order chi connectivity index (χ1) is 11.1. The van der Waals surface area contributed by atoms with E-state index in [4.69, 9.17) is 11.6 Å². The summed E-state index contributed by atoms with van der Waals surface area (Å²) in [4.78, 5) is 16.6. The zero-order valence-corrected chi connectivity index (χ0v) is 13.1. The van der Waals surface area contributed by atoms with Crippen LogP contribution >= 0.6 is 11.6 Å². The topological polar surface area (TPSA) is 67.2 Å². The second kappa shape index (κ2) is 6.81. The van der Waals surface area contributed by atoms with Crippen molar-refractivity contribution in [2.24, 2.45) is 0 Å². The first-order valence-corrected chi connectivity index (χ1v) is 7.63. The highest BCUT2D eigenvalue weighted by atomic mass is 35.5. The minimum atomic E-state index is -0.727. The molecule has 3 rings (SSSR count). The normalized spacial score (nSPS) is 12.3. The molecule has 0 saturated heterocycles. The fourth-order valence-corrected chi connectivity index (χ4v) is 2.55. The highest BCUT2D eigenvalue weighted by molar-refractivity contribution is 6.30. The van der Waals surface area contributed by atoms with Crippen molar-refractivity contribution >= 4 is 28.2 Å². The largest absolute Gasteiger partial charge is 0.389 e. The van der Waals surface area contributed by atoms with Crippen LogP contribution in [0.4, 0.5) is 5.69 Å². The van der Waals surface area contributed by atoms with Crippen molar-refractivity contribution in [1.82, 2.24) is 9.55 Å². The highest BCUT2D eigenvalue weighted by Crippen LogP contribution is 2.14. The molecule has 0 unspecified atom stereocenters. The van der Waals surface area contributed by atoms with Gasteiger partial charge in [-0.25, -0.2) is 4.98 Å². The molecule has 0 radical (unpaired) electrons. The number of para-hydroxylation sites is 1. The van der Waals surface area contributed by atoms with Gasteiger partial charge in [0.2, 0.25) is 0 Å². The number of nitrogens with zero attached hydrogens (tertiary/aromatic N) is 2. The van der Waals surface area contributed by atoms with Crippen LogP contribution in [-0.4, -0.2) is 27.3 Å². The van der Waals surface area contributed by atoms with Gasteiger partial charge in [-0.3, -0.25) is 9.36 Å². The Morgan fingerprint density at radius 1 is 1.22 bits per heavy atom. The van der Waals surface area contributed by atoms with Gasteiger partial charge in [0.15, 0.2) is 0 Å². The maximum atomic E-state index is 12.4. The minimum Gasteiger partial charge on any atom is -0.389 e. The molecule has 0 saturated carbocycles. The van der Waals surface area contributed by atoms with Gasteiger partial charge in [-0.05, 0) is 30.3 Å². The Bertz CT molecular complexity index is 879. The summed E-state index contributed by atoms with van der Waals surface area (Å²) in [7, 11) is 0. The molecule has 0 aliphatic rings. The van der Waals surface area contributed by atoms with E-state index in [1.165, 1.54) is 10.9 Å². The zero-order chi connectivity index (χ0) is 16.2. The molecule has 2 N–H and O–H groups in total. The van der Waals surface area contributed by atoms with Crippen LogP contribution in [-0.2, 0) is 6.54 Å². The lowest BCUT2D eigenvalue weighted by molar-refractivity contribution is 0.165. The summed E-state index contributed by atoms with van der Waals surface area (Å²) in [6.45, 7) is 0.476. The lowest BCUT2D eigenvalue weighted by Crippen LogP contribution is -2.31. The summed E-state index contributed by atoms with van der Waals surface area (Å²) in [5.74, 6) is 0. The van der Waals surface area contributed by atoms with Crippen LogP contribution in [0.15, 0.2) is 59.7 Å². The van der Waals surface area contributed by atoms with Crippen LogP contribution in [0.25, 0.3) is 10.9 Å². The second-order valence-electron chi connectivity index (χ2n) is 5.26. The van der Waals surface area contributed by atoms with Gasteiger partial charge in [-0.15, -0.1) is 0 Å². The van der Waals surface area contributed by atoms with E-state index >= 15 is 0 Å². The SMILES string of the molecule is O=c1c2ccccc2ncn1C[C@@H](O)CNc1cccc(Cl)c1. The average Bonchev–Trinajstić information content (AvgIpc) is 2.56. The first-order valence-electron chi connectivity index (χ1n) is 7.25. The Kier molecular flexibility index (Phi) is 4.60. The van der Waals surface area contributed by atoms with Gasteiger partial charge in [0.1, 0.15) is 0 Å². The lowest BCUT2D eigenvalue weighted by Gasteiger charge is -2.14. The number of rotatable bonds is 5. The fraction of sp³-hybridized carbons (Fsp3) is 0.176. The van der Waals surface area contributed by atoms with E-state index in [1.54, 1.807) is 30.3 Å². The standard InChI is InChI=1S/C17H16ClN3O2/c18-12-4-3-5-13(8-12)19-9-14(22)10-21-11-20-16-7-2-1-6-15(16)17(21)23/h1-8,11,14,19,22H,9-10H2/t14-/m0/s1. The first kappa shape index (κ1) is 15.5. The molecule has 5 nitrogen and oxygen atoms in total. The van der Waals surface area contributed by atoms with Crippen molar-refractivity contribution in [1.29, 1.82) is 0 Å². The van der Waals surface area contributed by atoms with Crippen LogP contribution in [0.1, 0.15) is 0 Å². The molecule has 0 aliphatic heterocycles. The monoisotopic (exact) mass is 329 g/mol. The number of nitrogens with one attached hydrogen (secondary N) is 1. The maximum absolute atomic E-state index is 12.4. The predicted molar refractivity (Wildman–Crippen MR) is 92.0 cm³/mol. The van der Waals surface area contributed by atoms with Gasteiger partial charge in [-0.1, -0.05) is 29.8 Å². The number of hydrogen-bond acceptors (Lipinski definition) is 4.